The fourth-order valence-electron chi connectivity index (χ4n) is 2.91. The Morgan fingerprint density at radius 3 is 2.72 bits per heavy atom. The van der Waals surface area contributed by atoms with E-state index in [1.807, 2.05) is 4.90 Å². The van der Waals surface area contributed by atoms with Crippen molar-refractivity contribution >= 4 is 5.91 Å². The summed E-state index contributed by atoms with van der Waals surface area (Å²) in [5.41, 5.74) is 0. The number of piperidine rings is 1. The van der Waals surface area contributed by atoms with E-state index in [0.29, 0.717) is 38.8 Å². The van der Waals surface area contributed by atoms with Crippen LogP contribution in [0.15, 0.2) is 0 Å². The summed E-state index contributed by atoms with van der Waals surface area (Å²) in [5, 5.41) is 9.47. The fourth-order valence-corrected chi connectivity index (χ4v) is 2.91. The Balaban J connectivity index is 1.88. The van der Waals surface area contributed by atoms with E-state index in [-0.39, 0.29) is 18.6 Å². The number of hydrogen-bond acceptors (Lipinski definition) is 4. The van der Waals surface area contributed by atoms with E-state index in [9.17, 15) is 9.90 Å². The van der Waals surface area contributed by atoms with Gasteiger partial charge < -0.3 is 14.7 Å². The standard InChI is InChI=1S/C13H24N2O3/c1-11-3-2-4-15(12(11)10-16)9-13(17)14-5-7-18-8-6-14/h11-12,16H,2-10H2,1H3. The molecule has 0 aromatic carbocycles. The zero-order chi connectivity index (χ0) is 13.0. The monoisotopic (exact) mass is 256 g/mol. The largest absolute Gasteiger partial charge is 0.395 e. The normalized spacial score (nSPS) is 30.4. The minimum Gasteiger partial charge on any atom is -0.395 e. The van der Waals surface area contributed by atoms with E-state index in [4.69, 9.17) is 4.74 Å². The van der Waals surface area contributed by atoms with E-state index >= 15 is 0 Å². The van der Waals surface area contributed by atoms with Gasteiger partial charge in [-0.05, 0) is 25.3 Å². The second-order valence-electron chi connectivity index (χ2n) is 5.33. The van der Waals surface area contributed by atoms with Gasteiger partial charge in [-0.2, -0.15) is 0 Å². The molecule has 2 saturated heterocycles. The van der Waals surface area contributed by atoms with E-state index in [0.717, 1.165) is 19.4 Å². The number of morpholine rings is 1. The summed E-state index contributed by atoms with van der Waals surface area (Å²) in [5.74, 6) is 0.645. The first-order valence-corrected chi connectivity index (χ1v) is 6.93. The highest BCUT2D eigenvalue weighted by Gasteiger charge is 2.30. The van der Waals surface area contributed by atoms with E-state index < -0.39 is 0 Å². The van der Waals surface area contributed by atoms with Gasteiger partial charge in [0, 0.05) is 19.1 Å². The van der Waals surface area contributed by atoms with Crippen molar-refractivity contribution in [3.05, 3.63) is 0 Å². The molecule has 0 saturated carbocycles. The maximum Gasteiger partial charge on any atom is 0.236 e. The van der Waals surface area contributed by atoms with Crippen molar-refractivity contribution in [1.29, 1.82) is 0 Å². The van der Waals surface area contributed by atoms with Gasteiger partial charge >= 0.3 is 0 Å². The quantitative estimate of drug-likeness (QED) is 0.768. The van der Waals surface area contributed by atoms with Gasteiger partial charge in [0.2, 0.25) is 5.91 Å². The molecule has 2 unspecified atom stereocenters. The van der Waals surface area contributed by atoms with Crippen LogP contribution in [0.4, 0.5) is 0 Å². The van der Waals surface area contributed by atoms with Crippen LogP contribution >= 0.6 is 0 Å². The van der Waals surface area contributed by atoms with E-state index in [1.54, 1.807) is 0 Å². The lowest BCUT2D eigenvalue weighted by atomic mass is 9.91. The lowest BCUT2D eigenvalue weighted by molar-refractivity contribution is -0.138. The first-order valence-electron chi connectivity index (χ1n) is 6.93. The summed E-state index contributed by atoms with van der Waals surface area (Å²) in [4.78, 5) is 16.2. The summed E-state index contributed by atoms with van der Waals surface area (Å²) in [7, 11) is 0. The van der Waals surface area contributed by atoms with Crippen LogP contribution in [0.5, 0.6) is 0 Å². The third-order valence-electron chi connectivity index (χ3n) is 4.12. The number of carbonyl (C=O) groups is 1. The third-order valence-corrected chi connectivity index (χ3v) is 4.12. The van der Waals surface area contributed by atoms with Gasteiger partial charge in [0.05, 0.1) is 26.4 Å². The molecule has 0 aromatic heterocycles. The van der Waals surface area contributed by atoms with Crippen LogP contribution < -0.4 is 0 Å². The van der Waals surface area contributed by atoms with Crippen LogP contribution in [0.1, 0.15) is 19.8 Å². The molecule has 0 spiro atoms. The molecule has 104 valence electrons. The number of hydrogen-bond donors (Lipinski definition) is 1. The highest BCUT2D eigenvalue weighted by molar-refractivity contribution is 5.78. The number of amides is 1. The van der Waals surface area contributed by atoms with Crippen LogP contribution in [-0.4, -0.2) is 72.9 Å². The Morgan fingerprint density at radius 2 is 2.06 bits per heavy atom. The van der Waals surface area contributed by atoms with Crippen LogP contribution in [0, 0.1) is 5.92 Å². The number of likely N-dealkylation sites (tertiary alicyclic amines) is 1. The van der Waals surface area contributed by atoms with Gasteiger partial charge in [0.15, 0.2) is 0 Å². The number of carbonyl (C=O) groups excluding carboxylic acids is 1. The van der Waals surface area contributed by atoms with E-state index in [2.05, 4.69) is 11.8 Å². The van der Waals surface area contributed by atoms with Crippen LogP contribution in [0.25, 0.3) is 0 Å². The molecule has 2 fully saturated rings. The maximum absolute atomic E-state index is 12.2. The van der Waals surface area contributed by atoms with Gasteiger partial charge in [-0.25, -0.2) is 0 Å². The number of nitrogens with zero attached hydrogens (tertiary/aromatic N) is 2. The summed E-state index contributed by atoms with van der Waals surface area (Å²) in [6.07, 6.45) is 2.27. The minimum atomic E-state index is 0.142. The molecular formula is C13H24N2O3. The molecule has 0 aliphatic carbocycles. The molecule has 0 aromatic rings. The molecule has 5 nitrogen and oxygen atoms in total. The average molecular weight is 256 g/mol. The smallest absolute Gasteiger partial charge is 0.236 e. The van der Waals surface area contributed by atoms with Crippen molar-refractivity contribution in [2.24, 2.45) is 5.92 Å². The molecule has 2 atom stereocenters. The summed E-state index contributed by atoms with van der Waals surface area (Å²) in [6, 6.07) is 0.142. The molecular weight excluding hydrogens is 232 g/mol. The molecule has 1 amide bonds. The number of rotatable bonds is 3. The summed E-state index contributed by atoms with van der Waals surface area (Å²) < 4.78 is 5.25. The van der Waals surface area contributed by atoms with Gasteiger partial charge in [0.25, 0.3) is 0 Å². The average Bonchev–Trinajstić information content (AvgIpc) is 2.40. The highest BCUT2D eigenvalue weighted by atomic mass is 16.5. The Kier molecular flexibility index (Phi) is 4.97. The molecule has 2 rings (SSSR count). The van der Waals surface area contributed by atoms with Gasteiger partial charge in [-0.1, -0.05) is 6.92 Å². The van der Waals surface area contributed by atoms with Crippen LogP contribution in [0.2, 0.25) is 0 Å². The van der Waals surface area contributed by atoms with Crippen molar-refractivity contribution in [1.82, 2.24) is 9.80 Å². The zero-order valence-electron chi connectivity index (χ0n) is 11.2. The number of ether oxygens (including phenoxy) is 1. The second kappa shape index (κ2) is 6.50. The van der Waals surface area contributed by atoms with Crippen molar-refractivity contribution < 1.29 is 14.6 Å². The van der Waals surface area contributed by atoms with E-state index in [1.165, 1.54) is 0 Å². The highest BCUT2D eigenvalue weighted by Crippen LogP contribution is 2.22. The second-order valence-corrected chi connectivity index (χ2v) is 5.33. The lowest BCUT2D eigenvalue weighted by Gasteiger charge is -2.39. The third kappa shape index (κ3) is 3.22. The molecule has 5 heteroatoms. The Morgan fingerprint density at radius 1 is 1.33 bits per heavy atom. The molecule has 1 N–H and O–H groups in total. The van der Waals surface area contributed by atoms with Crippen LogP contribution in [-0.2, 0) is 9.53 Å². The molecule has 18 heavy (non-hydrogen) atoms. The van der Waals surface area contributed by atoms with Gasteiger partial charge in [-0.3, -0.25) is 9.69 Å². The number of aliphatic hydroxyl groups excluding tert-OH is 1. The Bertz CT molecular complexity index is 279. The van der Waals surface area contributed by atoms with Crippen molar-refractivity contribution in [2.75, 3.05) is 46.0 Å². The predicted octanol–water partition coefficient (Wildman–Crippen LogP) is -0.0620. The lowest BCUT2D eigenvalue weighted by Crippen LogP contribution is -2.52. The zero-order valence-corrected chi connectivity index (χ0v) is 11.2. The molecule has 2 heterocycles. The Labute approximate surface area is 109 Å². The van der Waals surface area contributed by atoms with Gasteiger partial charge in [0.1, 0.15) is 0 Å². The van der Waals surface area contributed by atoms with Gasteiger partial charge in [-0.15, -0.1) is 0 Å². The SMILES string of the molecule is CC1CCCN(CC(=O)N2CCOCC2)C1CO. The van der Waals surface area contributed by atoms with Crippen LogP contribution in [0.3, 0.4) is 0 Å². The minimum absolute atomic E-state index is 0.142. The molecule has 0 bridgehead atoms. The molecule has 2 aliphatic rings. The first kappa shape index (κ1) is 13.8. The topological polar surface area (TPSA) is 53.0 Å². The molecule has 0 radical (unpaired) electrons. The summed E-state index contributed by atoms with van der Waals surface area (Å²) in [6.45, 7) is 6.36. The number of aliphatic hydroxyl groups is 1. The Hall–Kier alpha value is -0.650. The fraction of sp³-hybridized carbons (Fsp3) is 0.923. The van der Waals surface area contributed by atoms with Crippen molar-refractivity contribution in [2.45, 2.75) is 25.8 Å². The molecule has 2 aliphatic heterocycles. The predicted molar refractivity (Wildman–Crippen MR) is 68.2 cm³/mol. The maximum atomic E-state index is 12.2. The van der Waals surface area contributed by atoms with Crippen molar-refractivity contribution in [3.8, 4) is 0 Å². The summed E-state index contributed by atoms with van der Waals surface area (Å²) >= 11 is 0. The van der Waals surface area contributed by atoms with Crippen molar-refractivity contribution in [3.63, 3.8) is 0 Å². The first-order chi connectivity index (χ1) is 8.72.